The number of nitrogens with zero attached hydrogens (tertiary/aromatic N) is 5. The fourth-order valence-corrected chi connectivity index (χ4v) is 4.71. The van der Waals surface area contributed by atoms with E-state index in [1.165, 1.54) is 16.9 Å². The third-order valence-corrected chi connectivity index (χ3v) is 6.56. The predicted molar refractivity (Wildman–Crippen MR) is 127 cm³/mol. The van der Waals surface area contributed by atoms with Crippen LogP contribution in [0.4, 0.5) is 20.2 Å². The highest BCUT2D eigenvalue weighted by Crippen LogP contribution is 2.42. The molecule has 9 nitrogen and oxygen atoms in total. The van der Waals surface area contributed by atoms with Gasteiger partial charge in [-0.25, -0.2) is 18.3 Å². The number of carbonyl (C=O) groups excluding carboxylic acids is 1. The standard InChI is InChI=1S/C23H25ClF2N6O3/c1-23(13-33)8-14-6-17(29-22(34)16-10-28-32-11-15(24)9-27-21(16)32)18(7-19(14)35-23)31-4-2-30(3-5-31)12-20(25)26/h6-7,9-11,20,33H,2-5,8,12-13H2,1H3,(H,29,34)/t23-/m1/s1. The van der Waals surface area contributed by atoms with Gasteiger partial charge in [-0.15, -0.1) is 0 Å². The summed E-state index contributed by atoms with van der Waals surface area (Å²) in [7, 11) is 0. The molecule has 35 heavy (non-hydrogen) atoms. The Kier molecular flexibility index (Phi) is 6.24. The summed E-state index contributed by atoms with van der Waals surface area (Å²) in [6.07, 6.45) is 2.54. The van der Waals surface area contributed by atoms with Crippen molar-refractivity contribution < 1.29 is 23.4 Å². The Morgan fingerprint density at radius 2 is 2.06 bits per heavy atom. The number of ether oxygens (including phenoxy) is 1. The Morgan fingerprint density at radius 1 is 1.29 bits per heavy atom. The van der Waals surface area contributed by atoms with Gasteiger partial charge in [-0.1, -0.05) is 11.6 Å². The fraction of sp³-hybridized carbons (Fsp3) is 0.435. The van der Waals surface area contributed by atoms with E-state index in [1.54, 1.807) is 11.1 Å². The van der Waals surface area contributed by atoms with E-state index in [0.717, 1.165) is 11.3 Å². The van der Waals surface area contributed by atoms with E-state index in [-0.39, 0.29) is 18.7 Å². The van der Waals surface area contributed by atoms with Crippen molar-refractivity contribution in [2.24, 2.45) is 0 Å². The molecule has 1 saturated heterocycles. The Morgan fingerprint density at radius 3 is 2.77 bits per heavy atom. The van der Waals surface area contributed by atoms with Crippen molar-refractivity contribution in [1.82, 2.24) is 19.5 Å². The first-order valence-corrected chi connectivity index (χ1v) is 11.6. The summed E-state index contributed by atoms with van der Waals surface area (Å²) in [6, 6.07) is 3.70. The maximum atomic E-state index is 13.2. The lowest BCUT2D eigenvalue weighted by atomic mass is 9.99. The highest BCUT2D eigenvalue weighted by molar-refractivity contribution is 6.30. The first-order valence-electron chi connectivity index (χ1n) is 11.3. The minimum atomic E-state index is -2.38. The highest BCUT2D eigenvalue weighted by Gasteiger charge is 2.36. The monoisotopic (exact) mass is 506 g/mol. The maximum absolute atomic E-state index is 13.2. The smallest absolute Gasteiger partial charge is 0.261 e. The normalized spacial score (nSPS) is 20.3. The van der Waals surface area contributed by atoms with Crippen LogP contribution in [0.1, 0.15) is 22.8 Å². The van der Waals surface area contributed by atoms with E-state index in [2.05, 4.69) is 15.4 Å². The minimum absolute atomic E-state index is 0.151. The van der Waals surface area contributed by atoms with E-state index in [4.69, 9.17) is 16.3 Å². The van der Waals surface area contributed by atoms with Gasteiger partial charge in [-0.2, -0.15) is 5.10 Å². The van der Waals surface area contributed by atoms with Gasteiger partial charge >= 0.3 is 0 Å². The molecule has 186 valence electrons. The molecule has 2 aromatic heterocycles. The van der Waals surface area contributed by atoms with Crippen molar-refractivity contribution >= 4 is 34.5 Å². The van der Waals surface area contributed by atoms with E-state index in [1.807, 2.05) is 24.0 Å². The first kappa shape index (κ1) is 23.7. The number of benzene rings is 1. The minimum Gasteiger partial charge on any atom is -0.484 e. The molecule has 0 unspecified atom stereocenters. The van der Waals surface area contributed by atoms with Crippen molar-refractivity contribution in [1.29, 1.82) is 0 Å². The number of hydrogen-bond donors (Lipinski definition) is 2. The number of anilines is 2. The summed E-state index contributed by atoms with van der Waals surface area (Å²) >= 11 is 5.97. The Bertz CT molecular complexity index is 1260. The molecule has 0 bridgehead atoms. The first-order chi connectivity index (χ1) is 16.7. The summed E-state index contributed by atoms with van der Waals surface area (Å²) in [5.74, 6) is 0.244. The predicted octanol–water partition coefficient (Wildman–Crippen LogP) is 2.71. The van der Waals surface area contributed by atoms with Crippen molar-refractivity contribution in [3.8, 4) is 5.75 Å². The van der Waals surface area contributed by atoms with Crippen LogP contribution < -0.4 is 15.0 Å². The van der Waals surface area contributed by atoms with Crippen LogP contribution in [0.2, 0.25) is 5.02 Å². The highest BCUT2D eigenvalue weighted by atomic mass is 35.5. The summed E-state index contributed by atoms with van der Waals surface area (Å²) in [4.78, 5) is 21.2. The second-order valence-electron chi connectivity index (χ2n) is 9.10. The zero-order chi connectivity index (χ0) is 24.7. The number of aliphatic hydroxyl groups excluding tert-OH is 1. The van der Waals surface area contributed by atoms with Crippen LogP contribution in [0.15, 0.2) is 30.7 Å². The van der Waals surface area contributed by atoms with Crippen molar-refractivity contribution in [3.05, 3.63) is 46.9 Å². The van der Waals surface area contributed by atoms with Gasteiger partial charge in [0, 0.05) is 50.4 Å². The van der Waals surface area contributed by atoms with Crippen LogP contribution >= 0.6 is 11.6 Å². The molecule has 1 fully saturated rings. The van der Waals surface area contributed by atoms with E-state index in [9.17, 15) is 18.7 Å². The number of aromatic nitrogens is 3. The number of nitrogens with one attached hydrogen (secondary N) is 1. The second kappa shape index (κ2) is 9.21. The quantitative estimate of drug-likeness (QED) is 0.531. The molecule has 2 aliphatic heterocycles. The number of alkyl halides is 2. The number of piperazine rings is 1. The summed E-state index contributed by atoms with van der Waals surface area (Å²) in [6.45, 7) is 3.40. The molecule has 2 N–H and O–H groups in total. The van der Waals surface area contributed by atoms with Gasteiger partial charge in [0.15, 0.2) is 5.65 Å². The number of hydrogen-bond acceptors (Lipinski definition) is 7. The molecule has 3 aromatic rings. The van der Waals surface area contributed by atoms with E-state index >= 15 is 0 Å². The van der Waals surface area contributed by atoms with Crippen molar-refractivity contribution in [2.45, 2.75) is 25.4 Å². The lowest BCUT2D eigenvalue weighted by molar-refractivity contribution is 0.0447. The molecule has 0 saturated carbocycles. The molecular weight excluding hydrogens is 482 g/mol. The molecule has 0 radical (unpaired) electrons. The Balaban J connectivity index is 1.45. The molecule has 4 heterocycles. The topological polar surface area (TPSA) is 95.2 Å². The number of carbonyl (C=O) groups is 1. The van der Waals surface area contributed by atoms with Gasteiger partial charge in [-0.3, -0.25) is 9.69 Å². The summed E-state index contributed by atoms with van der Waals surface area (Å²) in [5, 5.41) is 17.3. The number of halogens is 3. The molecular formula is C23H25ClF2N6O3. The van der Waals surface area contributed by atoms with Crippen LogP contribution in [-0.2, 0) is 6.42 Å². The number of rotatable bonds is 6. The van der Waals surface area contributed by atoms with Crippen LogP contribution in [0, 0.1) is 0 Å². The maximum Gasteiger partial charge on any atom is 0.261 e. The van der Waals surface area contributed by atoms with Crippen LogP contribution in [0.25, 0.3) is 5.65 Å². The average molecular weight is 507 g/mol. The summed E-state index contributed by atoms with van der Waals surface area (Å²) in [5.41, 5.74) is 2.06. The third kappa shape index (κ3) is 4.75. The molecule has 1 atom stereocenters. The van der Waals surface area contributed by atoms with Crippen LogP contribution in [0.5, 0.6) is 5.75 Å². The molecule has 1 aromatic carbocycles. The van der Waals surface area contributed by atoms with E-state index in [0.29, 0.717) is 54.7 Å². The number of aliphatic hydroxyl groups is 1. The van der Waals surface area contributed by atoms with Gasteiger partial charge in [0.05, 0.1) is 41.9 Å². The average Bonchev–Trinajstić information content (AvgIpc) is 3.38. The van der Waals surface area contributed by atoms with E-state index < -0.39 is 17.9 Å². The van der Waals surface area contributed by atoms with Gasteiger partial charge in [0.2, 0.25) is 0 Å². The van der Waals surface area contributed by atoms with Gasteiger partial charge < -0.3 is 20.1 Å². The Labute approximate surface area is 205 Å². The molecule has 12 heteroatoms. The SMILES string of the molecule is C[C@]1(CO)Cc2cc(NC(=O)c3cnn4cc(Cl)cnc34)c(N3CCN(CC(F)F)CC3)cc2O1. The van der Waals surface area contributed by atoms with Crippen LogP contribution in [0.3, 0.4) is 0 Å². The van der Waals surface area contributed by atoms with Crippen LogP contribution in [-0.4, -0.2) is 81.9 Å². The second-order valence-corrected chi connectivity index (χ2v) is 9.53. The largest absolute Gasteiger partial charge is 0.484 e. The summed E-state index contributed by atoms with van der Waals surface area (Å²) < 4.78 is 33.1. The van der Waals surface area contributed by atoms with Gasteiger partial charge in [0.25, 0.3) is 12.3 Å². The van der Waals surface area contributed by atoms with Gasteiger partial charge in [-0.05, 0) is 13.0 Å². The van der Waals surface area contributed by atoms with Crippen molar-refractivity contribution in [3.63, 3.8) is 0 Å². The third-order valence-electron chi connectivity index (χ3n) is 6.36. The lowest BCUT2D eigenvalue weighted by Crippen LogP contribution is -2.48. The molecule has 0 spiro atoms. The molecule has 2 aliphatic rings. The van der Waals surface area contributed by atoms with Gasteiger partial charge in [0.1, 0.15) is 16.9 Å². The Hall–Kier alpha value is -3.02. The zero-order valence-corrected chi connectivity index (χ0v) is 19.8. The fourth-order valence-electron chi connectivity index (χ4n) is 4.57. The molecule has 1 amide bonds. The molecule has 0 aliphatic carbocycles. The van der Waals surface area contributed by atoms with Crippen molar-refractivity contribution in [2.75, 3.05) is 49.5 Å². The zero-order valence-electron chi connectivity index (χ0n) is 19.0. The molecule has 5 rings (SSSR count). The number of amides is 1. The lowest BCUT2D eigenvalue weighted by Gasteiger charge is -2.37. The number of fused-ring (bicyclic) bond motifs is 2.